The molecule has 0 unspecified atom stereocenters. The Morgan fingerprint density at radius 3 is 2.40 bits per heavy atom. The lowest BCUT2D eigenvalue weighted by atomic mass is 10.1. The fraction of sp³-hybridized carbons (Fsp3) is 0.300. The maximum Gasteiger partial charge on any atom is 0.222 e. The summed E-state index contributed by atoms with van der Waals surface area (Å²) in [5, 5.41) is 0. The molecule has 0 aliphatic carbocycles. The Balaban J connectivity index is 3.04. The molecule has 0 atom stereocenters. The van der Waals surface area contributed by atoms with Crippen LogP contribution in [0.1, 0.15) is 10.4 Å². The number of carbonyl (C=O) groups excluding carboxylic acids is 1. The minimum Gasteiger partial charge on any atom is -0.349 e. The SMILES string of the molecule is COC(OC)C(=O)c1cc(F)ccc1F. The Bertz CT molecular complexity index is 362. The van der Waals surface area contributed by atoms with E-state index in [1.165, 1.54) is 14.2 Å². The van der Waals surface area contributed by atoms with E-state index >= 15 is 0 Å². The van der Waals surface area contributed by atoms with Gasteiger partial charge in [0.05, 0.1) is 5.56 Å². The van der Waals surface area contributed by atoms with Gasteiger partial charge in [0.1, 0.15) is 11.6 Å². The van der Waals surface area contributed by atoms with Gasteiger partial charge in [-0.2, -0.15) is 0 Å². The predicted octanol–water partition coefficient (Wildman–Crippen LogP) is 1.77. The Morgan fingerprint density at radius 2 is 1.87 bits per heavy atom. The van der Waals surface area contributed by atoms with Crippen molar-refractivity contribution in [3.63, 3.8) is 0 Å². The molecule has 0 aromatic heterocycles. The van der Waals surface area contributed by atoms with E-state index in [0.29, 0.717) is 0 Å². The van der Waals surface area contributed by atoms with E-state index in [-0.39, 0.29) is 5.56 Å². The second-order valence-electron chi connectivity index (χ2n) is 2.79. The summed E-state index contributed by atoms with van der Waals surface area (Å²) in [6.45, 7) is 0. The third-order valence-electron chi connectivity index (χ3n) is 1.84. The lowest BCUT2D eigenvalue weighted by Gasteiger charge is -2.12. The molecule has 82 valence electrons. The Labute approximate surface area is 85.6 Å². The lowest BCUT2D eigenvalue weighted by molar-refractivity contribution is -0.0744. The van der Waals surface area contributed by atoms with Gasteiger partial charge in [0.25, 0.3) is 0 Å². The van der Waals surface area contributed by atoms with Crippen LogP contribution in [0.25, 0.3) is 0 Å². The molecule has 0 fully saturated rings. The topological polar surface area (TPSA) is 35.5 Å². The van der Waals surface area contributed by atoms with E-state index in [1.807, 2.05) is 0 Å². The van der Waals surface area contributed by atoms with Crippen molar-refractivity contribution in [2.24, 2.45) is 0 Å². The molecule has 5 heteroatoms. The molecule has 0 saturated heterocycles. The van der Waals surface area contributed by atoms with Crippen LogP contribution in [0.4, 0.5) is 8.78 Å². The van der Waals surface area contributed by atoms with Crippen LogP contribution in [-0.4, -0.2) is 26.3 Å². The summed E-state index contributed by atoms with van der Waals surface area (Å²) in [6, 6.07) is 2.62. The Morgan fingerprint density at radius 1 is 1.27 bits per heavy atom. The summed E-state index contributed by atoms with van der Waals surface area (Å²) in [4.78, 5) is 11.5. The van der Waals surface area contributed by atoms with Crippen molar-refractivity contribution in [2.75, 3.05) is 14.2 Å². The number of ketones is 1. The number of ether oxygens (including phenoxy) is 2. The summed E-state index contributed by atoms with van der Waals surface area (Å²) < 4.78 is 35.2. The molecule has 0 radical (unpaired) electrons. The number of Topliss-reactive ketones (excluding diaryl/α,β-unsaturated/α-hetero) is 1. The molecule has 0 spiro atoms. The average molecular weight is 216 g/mol. The largest absolute Gasteiger partial charge is 0.349 e. The highest BCUT2D eigenvalue weighted by atomic mass is 19.1. The molecule has 0 saturated carbocycles. The number of benzene rings is 1. The van der Waals surface area contributed by atoms with Gasteiger partial charge < -0.3 is 9.47 Å². The molecule has 0 N–H and O–H groups in total. The van der Waals surface area contributed by atoms with Gasteiger partial charge in [-0.15, -0.1) is 0 Å². The van der Waals surface area contributed by atoms with Crippen molar-refractivity contribution in [3.8, 4) is 0 Å². The highest BCUT2D eigenvalue weighted by Gasteiger charge is 2.22. The smallest absolute Gasteiger partial charge is 0.222 e. The van der Waals surface area contributed by atoms with Crippen LogP contribution in [0.3, 0.4) is 0 Å². The quantitative estimate of drug-likeness (QED) is 0.568. The van der Waals surface area contributed by atoms with Crippen molar-refractivity contribution < 1.29 is 23.0 Å². The molecule has 0 amide bonds. The summed E-state index contributed by atoms with van der Waals surface area (Å²) in [7, 11) is 2.48. The number of hydrogen-bond donors (Lipinski definition) is 0. The van der Waals surface area contributed by atoms with Gasteiger partial charge in [-0.3, -0.25) is 4.79 Å². The minimum atomic E-state index is -1.22. The third kappa shape index (κ3) is 2.57. The maximum atomic E-state index is 13.2. The van der Waals surface area contributed by atoms with Gasteiger partial charge in [0, 0.05) is 14.2 Å². The molecule has 1 aromatic carbocycles. The Kier molecular flexibility index (Phi) is 3.88. The monoisotopic (exact) mass is 216 g/mol. The molecule has 1 aromatic rings. The van der Waals surface area contributed by atoms with Crippen LogP contribution in [0.2, 0.25) is 0 Å². The van der Waals surface area contributed by atoms with Crippen molar-refractivity contribution in [3.05, 3.63) is 35.4 Å². The van der Waals surface area contributed by atoms with Gasteiger partial charge in [0.15, 0.2) is 0 Å². The lowest BCUT2D eigenvalue weighted by Crippen LogP contribution is -2.25. The summed E-state index contributed by atoms with van der Waals surface area (Å²) in [5.41, 5.74) is -0.385. The van der Waals surface area contributed by atoms with E-state index in [2.05, 4.69) is 9.47 Å². The average Bonchev–Trinajstić information content (AvgIpc) is 2.23. The number of methoxy groups -OCH3 is 2. The Hall–Kier alpha value is -1.33. The number of hydrogen-bond acceptors (Lipinski definition) is 3. The minimum absolute atomic E-state index is 0.385. The first kappa shape index (κ1) is 11.7. The van der Waals surface area contributed by atoms with Crippen molar-refractivity contribution in [1.29, 1.82) is 0 Å². The van der Waals surface area contributed by atoms with Crippen molar-refractivity contribution in [1.82, 2.24) is 0 Å². The number of carbonyl (C=O) groups is 1. The number of halogens is 2. The van der Waals surface area contributed by atoms with E-state index < -0.39 is 23.7 Å². The normalized spacial score (nSPS) is 10.7. The molecule has 0 aliphatic heterocycles. The van der Waals surface area contributed by atoms with Crippen molar-refractivity contribution >= 4 is 5.78 Å². The first-order valence-corrected chi connectivity index (χ1v) is 4.15. The van der Waals surface area contributed by atoms with Crippen LogP contribution >= 0.6 is 0 Å². The van der Waals surface area contributed by atoms with Gasteiger partial charge in [-0.05, 0) is 18.2 Å². The molecule has 3 nitrogen and oxygen atoms in total. The summed E-state index contributed by atoms with van der Waals surface area (Å²) in [6.07, 6.45) is -1.22. The van der Waals surface area contributed by atoms with Gasteiger partial charge in [-0.25, -0.2) is 8.78 Å². The molecular weight excluding hydrogens is 206 g/mol. The maximum absolute atomic E-state index is 13.2. The van der Waals surface area contributed by atoms with Crippen LogP contribution in [0.15, 0.2) is 18.2 Å². The molecule has 15 heavy (non-hydrogen) atoms. The third-order valence-corrected chi connectivity index (χ3v) is 1.84. The molecule has 0 aliphatic rings. The van der Waals surface area contributed by atoms with E-state index in [0.717, 1.165) is 18.2 Å². The van der Waals surface area contributed by atoms with E-state index in [1.54, 1.807) is 0 Å². The van der Waals surface area contributed by atoms with Gasteiger partial charge in [-0.1, -0.05) is 0 Å². The number of rotatable bonds is 4. The molecule has 1 rings (SSSR count). The van der Waals surface area contributed by atoms with Crippen molar-refractivity contribution in [2.45, 2.75) is 6.29 Å². The summed E-state index contributed by atoms with van der Waals surface area (Å²) >= 11 is 0. The fourth-order valence-corrected chi connectivity index (χ4v) is 1.12. The zero-order valence-electron chi connectivity index (χ0n) is 8.29. The summed E-state index contributed by atoms with van der Waals surface area (Å²) in [5.74, 6) is -2.25. The highest BCUT2D eigenvalue weighted by Crippen LogP contribution is 2.13. The van der Waals surface area contributed by atoms with Gasteiger partial charge >= 0.3 is 0 Å². The second-order valence-corrected chi connectivity index (χ2v) is 2.79. The molecular formula is C10H10F2O3. The molecule has 0 heterocycles. The highest BCUT2D eigenvalue weighted by molar-refractivity contribution is 5.98. The fourth-order valence-electron chi connectivity index (χ4n) is 1.12. The second kappa shape index (κ2) is 4.95. The first-order valence-electron chi connectivity index (χ1n) is 4.15. The van der Waals surface area contributed by atoms with Crippen LogP contribution < -0.4 is 0 Å². The predicted molar refractivity (Wildman–Crippen MR) is 48.5 cm³/mol. The van der Waals surface area contributed by atoms with Gasteiger partial charge in [0.2, 0.25) is 12.1 Å². The zero-order chi connectivity index (χ0) is 11.4. The standard InChI is InChI=1S/C10H10F2O3/c1-14-10(15-2)9(13)7-5-6(11)3-4-8(7)12/h3-5,10H,1-2H3. The van der Waals surface area contributed by atoms with Crippen LogP contribution in [0.5, 0.6) is 0 Å². The van der Waals surface area contributed by atoms with E-state index in [4.69, 9.17) is 0 Å². The first-order chi connectivity index (χ1) is 7.10. The zero-order valence-corrected chi connectivity index (χ0v) is 8.29. The van der Waals surface area contributed by atoms with Crippen LogP contribution in [0, 0.1) is 11.6 Å². The van der Waals surface area contributed by atoms with Crippen LogP contribution in [-0.2, 0) is 9.47 Å². The molecule has 0 bridgehead atoms. The van der Waals surface area contributed by atoms with E-state index in [9.17, 15) is 13.6 Å².